The van der Waals surface area contributed by atoms with Gasteiger partial charge in [-0.15, -0.1) is 0 Å². The molecule has 4 unspecified atom stereocenters. The van der Waals surface area contributed by atoms with Gasteiger partial charge in [-0.2, -0.15) is 0 Å². The number of rotatable bonds is 8. The zero-order valence-corrected chi connectivity index (χ0v) is 15.2. The molecule has 1 saturated carbocycles. The Bertz CT molecular complexity index is 461. The second kappa shape index (κ2) is 8.96. The first-order valence-corrected chi connectivity index (χ1v) is 9.59. The first-order chi connectivity index (χ1) is 12.1. The van der Waals surface area contributed by atoms with Gasteiger partial charge in [0.25, 0.3) is 0 Å². The van der Waals surface area contributed by atoms with Crippen molar-refractivity contribution in [3.8, 4) is 0 Å². The SMILES string of the molecule is CC1CC1C(=O)NCCC(=O)NCC(C1CCOC1)N1CCOCC1. The highest BCUT2D eigenvalue weighted by Gasteiger charge is 2.38. The molecule has 3 fully saturated rings. The van der Waals surface area contributed by atoms with Crippen LogP contribution in [0.25, 0.3) is 0 Å². The molecule has 0 aromatic carbocycles. The molecular weight excluding hydrogens is 322 g/mol. The number of hydrogen-bond acceptors (Lipinski definition) is 5. The third-order valence-corrected chi connectivity index (χ3v) is 5.63. The van der Waals surface area contributed by atoms with Gasteiger partial charge in [0.1, 0.15) is 0 Å². The summed E-state index contributed by atoms with van der Waals surface area (Å²) < 4.78 is 11.0. The molecule has 1 aliphatic carbocycles. The Morgan fingerprint density at radius 3 is 2.56 bits per heavy atom. The highest BCUT2D eigenvalue weighted by molar-refractivity contribution is 5.82. The van der Waals surface area contributed by atoms with Crippen LogP contribution >= 0.6 is 0 Å². The van der Waals surface area contributed by atoms with Crippen molar-refractivity contribution in [2.75, 3.05) is 52.6 Å². The van der Waals surface area contributed by atoms with E-state index in [0.717, 1.165) is 52.4 Å². The minimum absolute atomic E-state index is 0.00122. The van der Waals surface area contributed by atoms with Gasteiger partial charge >= 0.3 is 0 Å². The standard InChI is InChI=1S/C18H31N3O4/c1-13-10-15(13)18(23)19-4-2-17(22)20-11-16(14-3-7-25-12-14)21-5-8-24-9-6-21/h13-16H,2-12H2,1H3,(H,19,23)(H,20,22). The smallest absolute Gasteiger partial charge is 0.223 e. The summed E-state index contributed by atoms with van der Waals surface area (Å²) in [5, 5.41) is 5.92. The van der Waals surface area contributed by atoms with Gasteiger partial charge in [0, 0.05) is 57.1 Å². The topological polar surface area (TPSA) is 79.9 Å². The molecule has 0 aromatic rings. The summed E-state index contributed by atoms with van der Waals surface area (Å²) in [5.74, 6) is 1.22. The van der Waals surface area contributed by atoms with Crippen molar-refractivity contribution in [2.24, 2.45) is 17.8 Å². The molecule has 0 aromatic heterocycles. The summed E-state index contributed by atoms with van der Waals surface area (Å²) in [6, 6.07) is 0.303. The van der Waals surface area contributed by atoms with Crippen molar-refractivity contribution in [3.63, 3.8) is 0 Å². The molecule has 3 aliphatic rings. The summed E-state index contributed by atoms with van der Waals surface area (Å²) in [4.78, 5) is 26.3. The van der Waals surface area contributed by atoms with Gasteiger partial charge in [0.2, 0.25) is 11.8 Å². The van der Waals surface area contributed by atoms with E-state index in [-0.39, 0.29) is 17.7 Å². The molecule has 25 heavy (non-hydrogen) atoms. The van der Waals surface area contributed by atoms with E-state index in [1.807, 2.05) is 0 Å². The number of ether oxygens (including phenoxy) is 2. The van der Waals surface area contributed by atoms with Gasteiger partial charge in [-0.25, -0.2) is 0 Å². The Morgan fingerprint density at radius 1 is 1.16 bits per heavy atom. The van der Waals surface area contributed by atoms with Gasteiger partial charge in [-0.05, 0) is 18.8 Å². The monoisotopic (exact) mass is 353 g/mol. The van der Waals surface area contributed by atoms with E-state index >= 15 is 0 Å². The van der Waals surface area contributed by atoms with Crippen LogP contribution in [0.3, 0.4) is 0 Å². The first-order valence-electron chi connectivity index (χ1n) is 9.59. The molecule has 2 aliphatic heterocycles. The number of hydrogen-bond donors (Lipinski definition) is 2. The Labute approximate surface area is 149 Å². The van der Waals surface area contributed by atoms with Crippen molar-refractivity contribution in [1.29, 1.82) is 0 Å². The third kappa shape index (κ3) is 5.39. The van der Waals surface area contributed by atoms with Crippen molar-refractivity contribution in [2.45, 2.75) is 32.2 Å². The maximum absolute atomic E-state index is 12.1. The Kier molecular flexibility index (Phi) is 6.67. The summed E-state index contributed by atoms with van der Waals surface area (Å²) in [5.41, 5.74) is 0. The van der Waals surface area contributed by atoms with Crippen LogP contribution < -0.4 is 10.6 Å². The molecule has 0 spiro atoms. The molecule has 7 nitrogen and oxygen atoms in total. The minimum Gasteiger partial charge on any atom is -0.381 e. The third-order valence-electron chi connectivity index (χ3n) is 5.63. The predicted octanol–water partition coefficient (Wildman–Crippen LogP) is 0.00220. The molecule has 2 amide bonds. The zero-order chi connectivity index (χ0) is 17.6. The van der Waals surface area contributed by atoms with E-state index in [1.54, 1.807) is 0 Å². The molecule has 7 heteroatoms. The molecule has 142 valence electrons. The average molecular weight is 353 g/mol. The van der Waals surface area contributed by atoms with E-state index in [2.05, 4.69) is 22.5 Å². The molecule has 2 N–H and O–H groups in total. The van der Waals surface area contributed by atoms with Crippen LogP contribution in [0.4, 0.5) is 0 Å². The zero-order valence-electron chi connectivity index (χ0n) is 15.2. The van der Waals surface area contributed by atoms with Crippen molar-refractivity contribution in [1.82, 2.24) is 15.5 Å². The van der Waals surface area contributed by atoms with Crippen LogP contribution in [0.5, 0.6) is 0 Å². The van der Waals surface area contributed by atoms with E-state index in [0.29, 0.717) is 37.4 Å². The fourth-order valence-corrected chi connectivity index (χ4v) is 3.78. The van der Waals surface area contributed by atoms with Gasteiger partial charge < -0.3 is 20.1 Å². The van der Waals surface area contributed by atoms with Crippen molar-refractivity contribution >= 4 is 11.8 Å². The maximum Gasteiger partial charge on any atom is 0.223 e. The van der Waals surface area contributed by atoms with Gasteiger partial charge in [0.05, 0.1) is 19.8 Å². The molecular formula is C18H31N3O4. The molecule has 2 saturated heterocycles. The van der Waals surface area contributed by atoms with Crippen LogP contribution in [-0.2, 0) is 19.1 Å². The molecule has 2 heterocycles. The number of morpholine rings is 1. The van der Waals surface area contributed by atoms with Crippen LogP contribution in [-0.4, -0.2) is 75.4 Å². The molecule has 3 rings (SSSR count). The Morgan fingerprint density at radius 2 is 1.92 bits per heavy atom. The second-order valence-electron chi connectivity index (χ2n) is 7.50. The van der Waals surface area contributed by atoms with Crippen LogP contribution in [0.15, 0.2) is 0 Å². The first kappa shape index (κ1) is 18.6. The summed E-state index contributed by atoms with van der Waals surface area (Å²) >= 11 is 0. The predicted molar refractivity (Wildman–Crippen MR) is 93.0 cm³/mol. The normalized spacial score (nSPS) is 30.7. The lowest BCUT2D eigenvalue weighted by Gasteiger charge is -2.37. The fraction of sp³-hybridized carbons (Fsp3) is 0.889. The molecule has 0 radical (unpaired) electrons. The largest absolute Gasteiger partial charge is 0.381 e. The van der Waals surface area contributed by atoms with E-state index < -0.39 is 0 Å². The summed E-state index contributed by atoms with van der Waals surface area (Å²) in [6.45, 7) is 8.05. The minimum atomic E-state index is 0.00122. The second-order valence-corrected chi connectivity index (χ2v) is 7.50. The lowest BCUT2D eigenvalue weighted by atomic mass is 9.97. The Balaban J connectivity index is 1.38. The number of amides is 2. The maximum atomic E-state index is 12.1. The van der Waals surface area contributed by atoms with Crippen molar-refractivity contribution < 1.29 is 19.1 Å². The lowest BCUT2D eigenvalue weighted by molar-refractivity contribution is -0.123. The summed E-state index contributed by atoms with van der Waals surface area (Å²) in [6.07, 6.45) is 2.36. The molecule has 4 atom stereocenters. The van der Waals surface area contributed by atoms with E-state index in [4.69, 9.17) is 9.47 Å². The molecule has 0 bridgehead atoms. The number of carbonyl (C=O) groups excluding carboxylic acids is 2. The van der Waals surface area contributed by atoms with E-state index in [9.17, 15) is 9.59 Å². The van der Waals surface area contributed by atoms with Crippen LogP contribution in [0, 0.1) is 17.8 Å². The highest BCUT2D eigenvalue weighted by atomic mass is 16.5. The van der Waals surface area contributed by atoms with Crippen molar-refractivity contribution in [3.05, 3.63) is 0 Å². The Hall–Kier alpha value is -1.18. The van der Waals surface area contributed by atoms with Gasteiger partial charge in [0.15, 0.2) is 0 Å². The lowest BCUT2D eigenvalue weighted by Crippen LogP contribution is -2.52. The summed E-state index contributed by atoms with van der Waals surface area (Å²) in [7, 11) is 0. The fourth-order valence-electron chi connectivity index (χ4n) is 3.78. The quantitative estimate of drug-likeness (QED) is 0.642. The number of carbonyl (C=O) groups is 2. The highest BCUT2D eigenvalue weighted by Crippen LogP contribution is 2.37. The van der Waals surface area contributed by atoms with Crippen LogP contribution in [0.1, 0.15) is 26.2 Å². The average Bonchev–Trinajstić information content (AvgIpc) is 3.12. The number of nitrogens with one attached hydrogen (secondary N) is 2. The van der Waals surface area contributed by atoms with Gasteiger partial charge in [-0.1, -0.05) is 6.92 Å². The number of nitrogens with zero attached hydrogens (tertiary/aromatic N) is 1. The van der Waals surface area contributed by atoms with Crippen LogP contribution in [0.2, 0.25) is 0 Å². The van der Waals surface area contributed by atoms with Gasteiger partial charge in [-0.3, -0.25) is 14.5 Å². The van der Waals surface area contributed by atoms with E-state index in [1.165, 1.54) is 0 Å².